The summed E-state index contributed by atoms with van der Waals surface area (Å²) in [7, 11) is 0. The molecule has 0 aromatic rings. The third-order valence-electron chi connectivity index (χ3n) is 2.82. The summed E-state index contributed by atoms with van der Waals surface area (Å²) in [6.45, 7) is 1.25. The van der Waals surface area contributed by atoms with Crippen LogP contribution in [-0.4, -0.2) is 36.0 Å². The van der Waals surface area contributed by atoms with Gasteiger partial charge in [0, 0.05) is 18.9 Å². The molecule has 0 spiro atoms. The number of halogens is 3. The average Bonchev–Trinajstić information content (AvgIpc) is 2.14. The monoisotopic (exact) mass is 223 g/mol. The van der Waals surface area contributed by atoms with Crippen LogP contribution < -0.4 is 0 Å². The summed E-state index contributed by atoms with van der Waals surface area (Å²) in [5.74, 6) is 0.175. The van der Waals surface area contributed by atoms with Crippen molar-refractivity contribution >= 4 is 5.78 Å². The van der Waals surface area contributed by atoms with E-state index in [1.165, 1.54) is 4.90 Å². The van der Waals surface area contributed by atoms with E-state index in [-0.39, 0.29) is 11.8 Å². The molecule has 2 nitrogen and oxygen atoms in total. The van der Waals surface area contributed by atoms with E-state index in [2.05, 4.69) is 0 Å². The lowest BCUT2D eigenvalue weighted by Gasteiger charge is -2.33. The van der Waals surface area contributed by atoms with E-state index in [4.69, 9.17) is 0 Å². The number of nitrogens with zero attached hydrogens (tertiary/aromatic N) is 1. The SMILES string of the molecule is CCN(CC(F)(F)F)C1CCC(=O)CC1. The molecule has 0 bridgehead atoms. The van der Waals surface area contributed by atoms with Crippen LogP contribution in [-0.2, 0) is 4.79 Å². The predicted molar refractivity (Wildman–Crippen MR) is 50.6 cm³/mol. The Kier molecular flexibility index (Phi) is 4.13. The number of hydrogen-bond donors (Lipinski definition) is 0. The molecule has 0 aromatic heterocycles. The summed E-state index contributed by atoms with van der Waals surface area (Å²) in [5.41, 5.74) is 0. The van der Waals surface area contributed by atoms with Crippen LogP contribution in [0.3, 0.4) is 0 Å². The molecule has 0 atom stereocenters. The minimum absolute atomic E-state index is 0.0747. The number of ketones is 1. The molecule has 0 saturated heterocycles. The Morgan fingerprint density at radius 2 is 1.87 bits per heavy atom. The maximum Gasteiger partial charge on any atom is 0.401 e. The fraction of sp³-hybridized carbons (Fsp3) is 0.900. The third kappa shape index (κ3) is 4.20. The Morgan fingerprint density at radius 1 is 1.33 bits per heavy atom. The highest BCUT2D eigenvalue weighted by molar-refractivity contribution is 5.79. The molecule has 1 fully saturated rings. The van der Waals surface area contributed by atoms with Gasteiger partial charge in [-0.15, -0.1) is 0 Å². The first kappa shape index (κ1) is 12.5. The van der Waals surface area contributed by atoms with Crippen LogP contribution in [0.15, 0.2) is 0 Å². The Bertz CT molecular complexity index is 217. The van der Waals surface area contributed by atoms with Crippen molar-refractivity contribution in [1.29, 1.82) is 0 Å². The number of carbonyl (C=O) groups is 1. The molecule has 0 aromatic carbocycles. The molecule has 15 heavy (non-hydrogen) atoms. The first-order chi connectivity index (χ1) is 6.92. The molecule has 0 unspecified atom stereocenters. The number of carbonyl (C=O) groups excluding carboxylic acids is 1. The topological polar surface area (TPSA) is 20.3 Å². The molecule has 0 radical (unpaired) electrons. The minimum atomic E-state index is -4.14. The standard InChI is InChI=1S/C10H16F3NO/c1-2-14(7-10(11,12)13)8-3-5-9(15)6-4-8/h8H,2-7H2,1H3. The van der Waals surface area contributed by atoms with Gasteiger partial charge >= 0.3 is 6.18 Å². The van der Waals surface area contributed by atoms with Crippen LogP contribution in [0.5, 0.6) is 0 Å². The summed E-state index contributed by atoms with van der Waals surface area (Å²) in [4.78, 5) is 12.4. The van der Waals surface area contributed by atoms with Crippen LogP contribution in [0.1, 0.15) is 32.6 Å². The van der Waals surface area contributed by atoms with Gasteiger partial charge in [-0.1, -0.05) is 6.92 Å². The second-order valence-corrected chi connectivity index (χ2v) is 3.95. The van der Waals surface area contributed by atoms with E-state index in [9.17, 15) is 18.0 Å². The molecular formula is C10H16F3NO. The molecule has 0 N–H and O–H groups in total. The van der Waals surface area contributed by atoms with Crippen LogP contribution >= 0.6 is 0 Å². The molecule has 0 heterocycles. The van der Waals surface area contributed by atoms with Gasteiger partial charge in [-0.3, -0.25) is 9.69 Å². The quantitative estimate of drug-likeness (QED) is 0.732. The fourth-order valence-electron chi connectivity index (χ4n) is 2.02. The summed E-state index contributed by atoms with van der Waals surface area (Å²) in [6.07, 6.45) is -2.14. The van der Waals surface area contributed by atoms with Crippen molar-refractivity contribution in [3.63, 3.8) is 0 Å². The number of hydrogen-bond acceptors (Lipinski definition) is 2. The maximum absolute atomic E-state index is 12.2. The van der Waals surface area contributed by atoms with Gasteiger partial charge in [-0.05, 0) is 19.4 Å². The molecular weight excluding hydrogens is 207 g/mol. The van der Waals surface area contributed by atoms with E-state index < -0.39 is 12.7 Å². The van der Waals surface area contributed by atoms with Gasteiger partial charge in [0.05, 0.1) is 6.54 Å². The second kappa shape index (κ2) is 4.96. The number of Topliss-reactive ketones (excluding diaryl/α,β-unsaturated/α-hetero) is 1. The maximum atomic E-state index is 12.2. The highest BCUT2D eigenvalue weighted by atomic mass is 19.4. The molecule has 1 saturated carbocycles. The van der Waals surface area contributed by atoms with Gasteiger partial charge in [0.15, 0.2) is 0 Å². The lowest BCUT2D eigenvalue weighted by Crippen LogP contribution is -2.43. The van der Waals surface area contributed by atoms with Crippen molar-refractivity contribution in [2.45, 2.75) is 44.8 Å². The zero-order valence-electron chi connectivity index (χ0n) is 8.81. The molecule has 1 aliphatic carbocycles. The molecule has 1 aliphatic rings. The summed E-state index contributed by atoms with van der Waals surface area (Å²) >= 11 is 0. The highest BCUT2D eigenvalue weighted by Crippen LogP contribution is 2.24. The van der Waals surface area contributed by atoms with Crippen LogP contribution in [0.4, 0.5) is 13.2 Å². The van der Waals surface area contributed by atoms with Crippen molar-refractivity contribution < 1.29 is 18.0 Å². The lowest BCUT2D eigenvalue weighted by atomic mass is 9.93. The van der Waals surface area contributed by atoms with E-state index in [1.807, 2.05) is 0 Å². The number of rotatable bonds is 3. The zero-order chi connectivity index (χ0) is 11.5. The highest BCUT2D eigenvalue weighted by Gasteiger charge is 2.34. The Morgan fingerprint density at radius 3 is 2.27 bits per heavy atom. The van der Waals surface area contributed by atoms with Gasteiger partial charge in [-0.25, -0.2) is 0 Å². The first-order valence-electron chi connectivity index (χ1n) is 5.25. The molecule has 0 amide bonds. The molecule has 0 aliphatic heterocycles. The minimum Gasteiger partial charge on any atom is -0.300 e. The van der Waals surface area contributed by atoms with Crippen molar-refractivity contribution in [1.82, 2.24) is 4.90 Å². The van der Waals surface area contributed by atoms with Crippen molar-refractivity contribution in [3.05, 3.63) is 0 Å². The van der Waals surface area contributed by atoms with Crippen molar-refractivity contribution in [3.8, 4) is 0 Å². The Balaban J connectivity index is 2.48. The van der Waals surface area contributed by atoms with Gasteiger partial charge in [0.25, 0.3) is 0 Å². The van der Waals surface area contributed by atoms with Crippen LogP contribution in [0.2, 0.25) is 0 Å². The second-order valence-electron chi connectivity index (χ2n) is 3.95. The van der Waals surface area contributed by atoms with Gasteiger partial charge in [0.1, 0.15) is 5.78 Å². The summed E-state index contributed by atoms with van der Waals surface area (Å²) in [6, 6.07) is -0.0747. The Labute approximate surface area is 87.4 Å². The van der Waals surface area contributed by atoms with Crippen molar-refractivity contribution in [2.24, 2.45) is 0 Å². The summed E-state index contributed by atoms with van der Waals surface area (Å²) < 4.78 is 36.6. The average molecular weight is 223 g/mol. The lowest BCUT2D eigenvalue weighted by molar-refractivity contribution is -0.152. The van der Waals surface area contributed by atoms with E-state index in [1.54, 1.807) is 6.92 Å². The van der Waals surface area contributed by atoms with Gasteiger partial charge < -0.3 is 0 Å². The first-order valence-corrected chi connectivity index (χ1v) is 5.25. The fourth-order valence-corrected chi connectivity index (χ4v) is 2.02. The normalized spacial score (nSPS) is 19.9. The number of alkyl halides is 3. The van der Waals surface area contributed by atoms with E-state index in [0.29, 0.717) is 32.2 Å². The van der Waals surface area contributed by atoms with Crippen LogP contribution in [0, 0.1) is 0 Å². The predicted octanol–water partition coefficient (Wildman–Crippen LogP) is 2.38. The van der Waals surface area contributed by atoms with Gasteiger partial charge in [-0.2, -0.15) is 13.2 Å². The van der Waals surface area contributed by atoms with E-state index >= 15 is 0 Å². The van der Waals surface area contributed by atoms with Crippen LogP contribution in [0.25, 0.3) is 0 Å². The van der Waals surface area contributed by atoms with Crippen molar-refractivity contribution in [2.75, 3.05) is 13.1 Å². The molecule has 1 rings (SSSR count). The summed E-state index contributed by atoms with van der Waals surface area (Å²) in [5, 5.41) is 0. The smallest absolute Gasteiger partial charge is 0.300 e. The van der Waals surface area contributed by atoms with E-state index in [0.717, 1.165) is 0 Å². The molecule has 88 valence electrons. The Hall–Kier alpha value is -0.580. The largest absolute Gasteiger partial charge is 0.401 e. The zero-order valence-corrected chi connectivity index (χ0v) is 8.81. The van der Waals surface area contributed by atoms with Gasteiger partial charge in [0.2, 0.25) is 0 Å². The third-order valence-corrected chi connectivity index (χ3v) is 2.82. The molecule has 5 heteroatoms.